The number of thioether (sulfide) groups is 1. The smallest absolute Gasteiger partial charge is 0.259 e. The number of amides is 2. The number of nitrogens with zero attached hydrogens (tertiary/aromatic N) is 3. The van der Waals surface area contributed by atoms with E-state index in [9.17, 15) is 9.59 Å². The number of fused-ring (bicyclic) bond motifs is 3. The van der Waals surface area contributed by atoms with Gasteiger partial charge in [-0.1, -0.05) is 69.3 Å². The Morgan fingerprint density at radius 3 is 2.52 bits per heavy atom. The topological polar surface area (TPSA) is 74.1 Å². The molecular weight excluding hydrogens is 408 g/mol. The summed E-state index contributed by atoms with van der Waals surface area (Å²) in [7, 11) is 0. The molecule has 2 aromatic carbocycles. The van der Waals surface area contributed by atoms with Crippen LogP contribution in [-0.4, -0.2) is 39.0 Å². The highest BCUT2D eigenvalue weighted by atomic mass is 32.2. The number of anilines is 1. The van der Waals surface area contributed by atoms with Crippen molar-refractivity contribution in [1.29, 1.82) is 0 Å². The molecular formula is C24H26N4O2S. The number of para-hydroxylation sites is 2. The Morgan fingerprint density at radius 1 is 1.10 bits per heavy atom. The zero-order chi connectivity index (χ0) is 22.0. The quantitative estimate of drug-likeness (QED) is 0.707. The van der Waals surface area contributed by atoms with Crippen LogP contribution in [0, 0.1) is 5.92 Å². The van der Waals surface area contributed by atoms with Crippen molar-refractivity contribution < 1.29 is 9.59 Å². The van der Waals surface area contributed by atoms with E-state index in [-0.39, 0.29) is 23.0 Å². The van der Waals surface area contributed by atoms with Crippen LogP contribution in [0.5, 0.6) is 0 Å². The van der Waals surface area contributed by atoms with Crippen molar-refractivity contribution in [2.45, 2.75) is 44.9 Å². The van der Waals surface area contributed by atoms with Gasteiger partial charge in [0.05, 0.1) is 10.9 Å². The average molecular weight is 435 g/mol. The highest BCUT2D eigenvalue weighted by molar-refractivity contribution is 8.15. The minimum atomic E-state index is -0.421. The second kappa shape index (κ2) is 9.06. The van der Waals surface area contributed by atoms with Gasteiger partial charge in [-0.2, -0.15) is 0 Å². The van der Waals surface area contributed by atoms with Crippen LogP contribution in [0.15, 0.2) is 64.6 Å². The zero-order valence-electron chi connectivity index (χ0n) is 17.9. The van der Waals surface area contributed by atoms with Crippen LogP contribution in [-0.2, 0) is 9.59 Å². The summed E-state index contributed by atoms with van der Waals surface area (Å²) in [5.41, 5.74) is 2.38. The van der Waals surface area contributed by atoms with E-state index in [2.05, 4.69) is 12.2 Å². The van der Waals surface area contributed by atoms with Gasteiger partial charge in [-0.25, -0.2) is 9.89 Å². The van der Waals surface area contributed by atoms with Crippen LogP contribution in [0.2, 0.25) is 0 Å². The Bertz CT molecular complexity index is 1050. The summed E-state index contributed by atoms with van der Waals surface area (Å²) in [6.45, 7) is 6.07. The molecule has 3 atom stereocenters. The summed E-state index contributed by atoms with van der Waals surface area (Å²) in [4.78, 5) is 37.4. The van der Waals surface area contributed by atoms with Gasteiger partial charge in [0.15, 0.2) is 5.17 Å². The molecule has 2 aliphatic heterocycles. The first kappa shape index (κ1) is 21.3. The molecule has 0 spiro atoms. The van der Waals surface area contributed by atoms with Gasteiger partial charge in [0, 0.05) is 11.3 Å². The maximum atomic E-state index is 13.3. The standard InChI is InChI=1S/C24H26N4O2S/c1-4-15(3)20-23(30)28-21(27-20)17-13-9-10-14-18(17)26-24(28)31-19(5-2)22(29)25-16-11-7-6-8-12-16/h6-15,19-20H,4-5H2,1-3H3,(H,25,29)/t15-,19+,20-/m1/s1. The molecule has 0 fully saturated rings. The first-order chi connectivity index (χ1) is 15.0. The van der Waals surface area contributed by atoms with Crippen LogP contribution in [0.1, 0.15) is 39.2 Å². The fourth-order valence-electron chi connectivity index (χ4n) is 3.64. The normalized spacial score (nSPS) is 19.1. The summed E-state index contributed by atoms with van der Waals surface area (Å²) in [6.07, 6.45) is 1.46. The Hall–Kier alpha value is -2.93. The Balaban J connectivity index is 1.64. The van der Waals surface area contributed by atoms with Crippen molar-refractivity contribution in [3.63, 3.8) is 0 Å². The van der Waals surface area contributed by atoms with E-state index >= 15 is 0 Å². The second-order valence-electron chi connectivity index (χ2n) is 7.74. The van der Waals surface area contributed by atoms with Gasteiger partial charge in [0.2, 0.25) is 5.91 Å². The van der Waals surface area contributed by atoms with Crippen molar-refractivity contribution in [2.24, 2.45) is 15.9 Å². The molecule has 7 heteroatoms. The molecule has 0 aromatic heterocycles. The summed E-state index contributed by atoms with van der Waals surface area (Å²) < 4.78 is 0. The highest BCUT2D eigenvalue weighted by Gasteiger charge is 2.43. The Morgan fingerprint density at radius 2 is 1.81 bits per heavy atom. The number of hydrogen-bond acceptors (Lipinski definition) is 5. The maximum Gasteiger partial charge on any atom is 0.259 e. The van der Waals surface area contributed by atoms with E-state index in [4.69, 9.17) is 9.98 Å². The molecule has 6 nitrogen and oxygen atoms in total. The SMILES string of the molecule is CC[C@H](SC1=Nc2ccccc2C2=N[C@H]([C@H](C)CC)C(=O)N12)C(=O)Nc1ccccc1. The van der Waals surface area contributed by atoms with Crippen LogP contribution in [0.4, 0.5) is 11.4 Å². The van der Waals surface area contributed by atoms with Gasteiger partial charge in [-0.3, -0.25) is 14.6 Å². The van der Waals surface area contributed by atoms with E-state index in [1.165, 1.54) is 11.8 Å². The van der Waals surface area contributed by atoms with Gasteiger partial charge in [0.25, 0.3) is 5.91 Å². The van der Waals surface area contributed by atoms with E-state index in [0.29, 0.717) is 17.4 Å². The lowest BCUT2D eigenvalue weighted by Crippen LogP contribution is -2.43. The number of amidine groups is 2. The molecule has 160 valence electrons. The summed E-state index contributed by atoms with van der Waals surface area (Å²) in [6, 6.07) is 16.7. The van der Waals surface area contributed by atoms with E-state index in [1.54, 1.807) is 4.90 Å². The first-order valence-corrected chi connectivity index (χ1v) is 11.5. The molecule has 0 unspecified atom stereocenters. The molecule has 1 N–H and O–H groups in total. The van der Waals surface area contributed by atoms with Gasteiger partial charge in [0.1, 0.15) is 11.9 Å². The van der Waals surface area contributed by atoms with E-state index in [1.807, 2.05) is 68.4 Å². The molecule has 2 aliphatic rings. The summed E-state index contributed by atoms with van der Waals surface area (Å²) in [5, 5.41) is 3.09. The third kappa shape index (κ3) is 4.14. The third-order valence-corrected chi connectivity index (χ3v) is 6.95. The zero-order valence-corrected chi connectivity index (χ0v) is 18.7. The summed E-state index contributed by atoms with van der Waals surface area (Å²) in [5.74, 6) is 0.598. The highest BCUT2D eigenvalue weighted by Crippen LogP contribution is 2.36. The van der Waals surface area contributed by atoms with Crippen LogP contribution >= 0.6 is 11.8 Å². The largest absolute Gasteiger partial charge is 0.325 e. The van der Waals surface area contributed by atoms with Crippen molar-refractivity contribution >= 4 is 46.0 Å². The lowest BCUT2D eigenvalue weighted by molar-refractivity contribution is -0.125. The average Bonchev–Trinajstić information content (AvgIpc) is 3.15. The number of rotatable bonds is 6. The molecule has 2 heterocycles. The number of hydrogen-bond donors (Lipinski definition) is 1. The second-order valence-corrected chi connectivity index (χ2v) is 8.91. The maximum absolute atomic E-state index is 13.3. The van der Waals surface area contributed by atoms with Crippen LogP contribution in [0.25, 0.3) is 0 Å². The fourth-order valence-corrected chi connectivity index (χ4v) is 4.66. The van der Waals surface area contributed by atoms with Gasteiger partial charge in [-0.15, -0.1) is 0 Å². The monoisotopic (exact) mass is 434 g/mol. The molecule has 0 radical (unpaired) electrons. The Labute approximate surface area is 186 Å². The van der Waals surface area contributed by atoms with Crippen molar-refractivity contribution in [2.75, 3.05) is 5.32 Å². The fraction of sp³-hybridized carbons (Fsp3) is 0.333. The van der Waals surface area contributed by atoms with E-state index in [0.717, 1.165) is 23.4 Å². The minimum Gasteiger partial charge on any atom is -0.325 e. The lowest BCUT2D eigenvalue weighted by atomic mass is 10.00. The summed E-state index contributed by atoms with van der Waals surface area (Å²) >= 11 is 1.32. The molecule has 0 saturated heterocycles. The predicted octanol–water partition coefficient (Wildman–Crippen LogP) is 4.84. The number of carbonyl (C=O) groups is 2. The third-order valence-electron chi connectivity index (χ3n) is 5.63. The van der Waals surface area contributed by atoms with E-state index < -0.39 is 6.04 Å². The molecule has 4 rings (SSSR count). The minimum absolute atomic E-state index is 0.0663. The van der Waals surface area contributed by atoms with Crippen molar-refractivity contribution in [3.8, 4) is 0 Å². The predicted molar refractivity (Wildman–Crippen MR) is 127 cm³/mol. The molecule has 2 aromatic rings. The molecule has 0 saturated carbocycles. The van der Waals surface area contributed by atoms with Gasteiger partial charge >= 0.3 is 0 Å². The molecule has 31 heavy (non-hydrogen) atoms. The first-order valence-electron chi connectivity index (χ1n) is 10.7. The molecule has 0 bridgehead atoms. The van der Waals surface area contributed by atoms with Crippen molar-refractivity contribution in [1.82, 2.24) is 4.90 Å². The number of benzene rings is 2. The van der Waals surface area contributed by atoms with Gasteiger partial charge in [-0.05, 0) is 36.6 Å². The van der Waals surface area contributed by atoms with Crippen LogP contribution in [0.3, 0.4) is 0 Å². The number of nitrogens with one attached hydrogen (secondary N) is 1. The number of carbonyl (C=O) groups excluding carboxylic acids is 2. The van der Waals surface area contributed by atoms with Crippen LogP contribution < -0.4 is 5.32 Å². The molecule has 2 amide bonds. The number of aliphatic imine (C=N–C) groups is 2. The lowest BCUT2D eigenvalue weighted by Gasteiger charge is -2.27. The molecule has 0 aliphatic carbocycles. The van der Waals surface area contributed by atoms with Gasteiger partial charge < -0.3 is 5.32 Å². The van der Waals surface area contributed by atoms with Crippen molar-refractivity contribution in [3.05, 3.63) is 60.2 Å². The Kier molecular flexibility index (Phi) is 6.23.